The fraction of sp³-hybridized carbons (Fsp3) is 0. The molecule has 0 saturated heterocycles. The van der Waals surface area contributed by atoms with Crippen LogP contribution in [-0.2, 0) is 0 Å². The summed E-state index contributed by atoms with van der Waals surface area (Å²) >= 11 is 3.33. The predicted octanol–water partition coefficient (Wildman–Crippen LogP) is 1.19. The van der Waals surface area contributed by atoms with E-state index in [9.17, 15) is 0 Å². The van der Waals surface area contributed by atoms with E-state index in [-0.39, 0.29) is 18.4 Å². The quantitative estimate of drug-likeness (QED) is 0.286. The molecule has 5 nitrogen and oxygen atoms in total. The van der Waals surface area contributed by atoms with Gasteiger partial charge in [0.2, 0.25) is 5.96 Å². The Hall–Kier alpha value is -1.11. The van der Waals surface area contributed by atoms with Crippen LogP contribution < -0.4 is 16.7 Å². The summed E-state index contributed by atoms with van der Waals surface area (Å²) in [5.74, 6) is 4.90. The van der Waals surface area contributed by atoms with Gasteiger partial charge in [0.15, 0.2) is 0 Å². The molecule has 1 rings (SSSR count). The summed E-state index contributed by atoms with van der Waals surface area (Å²) in [6, 6.07) is 7.62. The molecule has 7 heteroatoms. The second-order valence-electron chi connectivity index (χ2n) is 2.44. The molecule has 1 aromatic rings. The summed E-state index contributed by atoms with van der Waals surface area (Å²) in [5.41, 5.74) is 5.45. The van der Waals surface area contributed by atoms with E-state index in [1.807, 2.05) is 24.3 Å². The highest BCUT2D eigenvalue weighted by Gasteiger charge is 1.88. The van der Waals surface area contributed by atoms with Crippen LogP contribution in [-0.4, -0.2) is 12.2 Å². The molecule has 0 atom stereocenters. The van der Waals surface area contributed by atoms with Gasteiger partial charge in [-0.15, -0.1) is 12.4 Å². The zero-order valence-electron chi connectivity index (χ0n) is 7.70. The van der Waals surface area contributed by atoms with Crippen molar-refractivity contribution < 1.29 is 0 Å². The number of halogens is 2. The second kappa shape index (κ2) is 7.22. The summed E-state index contributed by atoms with van der Waals surface area (Å²) in [6.45, 7) is 0. The van der Waals surface area contributed by atoms with Gasteiger partial charge in [0.25, 0.3) is 0 Å². The van der Waals surface area contributed by atoms with E-state index in [2.05, 4.69) is 31.9 Å². The highest BCUT2D eigenvalue weighted by Crippen LogP contribution is 2.08. The maximum Gasteiger partial charge on any atom is 0.223 e. The highest BCUT2D eigenvalue weighted by atomic mass is 79.9. The average molecular weight is 293 g/mol. The lowest BCUT2D eigenvalue weighted by atomic mass is 10.2. The number of benzene rings is 1. The van der Waals surface area contributed by atoms with E-state index in [4.69, 9.17) is 11.3 Å². The van der Waals surface area contributed by atoms with Crippen LogP contribution in [0.3, 0.4) is 0 Å². The smallest absolute Gasteiger partial charge is 0.223 e. The molecule has 0 aliphatic heterocycles. The first-order valence-electron chi connectivity index (χ1n) is 3.82. The van der Waals surface area contributed by atoms with Crippen LogP contribution in [0.1, 0.15) is 5.56 Å². The van der Waals surface area contributed by atoms with Crippen LogP contribution in [0, 0.1) is 5.41 Å². The summed E-state index contributed by atoms with van der Waals surface area (Å²) in [7, 11) is 0. The van der Waals surface area contributed by atoms with Gasteiger partial charge in [-0.05, 0) is 17.7 Å². The van der Waals surface area contributed by atoms with Crippen molar-refractivity contribution >= 4 is 40.5 Å². The van der Waals surface area contributed by atoms with Crippen molar-refractivity contribution in [2.45, 2.75) is 0 Å². The van der Waals surface area contributed by atoms with Gasteiger partial charge < -0.3 is 0 Å². The number of hydrazone groups is 1. The molecule has 0 aromatic heterocycles. The van der Waals surface area contributed by atoms with E-state index in [1.165, 1.54) is 0 Å². The standard InChI is InChI=1S/C8H10BrN5.ClH/c9-7-3-1-6(2-4-7)5-12-14-8(10)13-11;/h1-5H,11H2,(H3,10,13,14);1H. The molecule has 0 radical (unpaired) electrons. The van der Waals surface area contributed by atoms with Crippen molar-refractivity contribution in [1.82, 2.24) is 10.9 Å². The SMILES string of the molecule is Cl.N=C(NN)NN=Cc1ccc(Br)cc1. The summed E-state index contributed by atoms with van der Waals surface area (Å²) in [5, 5.41) is 10.9. The Morgan fingerprint density at radius 3 is 2.53 bits per heavy atom. The molecule has 15 heavy (non-hydrogen) atoms. The van der Waals surface area contributed by atoms with Gasteiger partial charge >= 0.3 is 0 Å². The van der Waals surface area contributed by atoms with Crippen molar-refractivity contribution in [3.05, 3.63) is 34.3 Å². The summed E-state index contributed by atoms with van der Waals surface area (Å²) in [6.07, 6.45) is 1.60. The molecule has 0 aliphatic rings. The van der Waals surface area contributed by atoms with E-state index in [0.29, 0.717) is 0 Å². The second-order valence-corrected chi connectivity index (χ2v) is 3.36. The van der Waals surface area contributed by atoms with Gasteiger partial charge in [-0.1, -0.05) is 28.1 Å². The molecule has 0 aliphatic carbocycles. The lowest BCUT2D eigenvalue weighted by Crippen LogP contribution is -2.38. The summed E-state index contributed by atoms with van der Waals surface area (Å²) < 4.78 is 1.01. The van der Waals surface area contributed by atoms with Gasteiger partial charge in [-0.3, -0.25) is 10.8 Å². The number of hydrazine groups is 1. The molecule has 0 bridgehead atoms. The Bertz CT molecular complexity index is 337. The van der Waals surface area contributed by atoms with Crippen LogP contribution in [0.5, 0.6) is 0 Å². The van der Waals surface area contributed by atoms with Gasteiger partial charge in [0.05, 0.1) is 6.21 Å². The minimum atomic E-state index is -0.0571. The molecule has 0 unspecified atom stereocenters. The topological polar surface area (TPSA) is 86.3 Å². The maximum atomic E-state index is 7.07. The van der Waals surface area contributed by atoms with Crippen molar-refractivity contribution in [2.24, 2.45) is 10.9 Å². The number of rotatable bonds is 2. The summed E-state index contributed by atoms with van der Waals surface area (Å²) in [4.78, 5) is 0. The normalized spacial score (nSPS) is 9.47. The molecular weight excluding hydrogens is 281 g/mol. The number of nitrogens with zero attached hydrogens (tertiary/aromatic N) is 1. The van der Waals surface area contributed by atoms with Crippen LogP contribution in [0.25, 0.3) is 0 Å². The molecule has 1 aromatic carbocycles. The van der Waals surface area contributed by atoms with E-state index in [0.717, 1.165) is 10.0 Å². The molecule has 0 amide bonds. The Kier molecular flexibility index (Phi) is 6.68. The van der Waals surface area contributed by atoms with Crippen molar-refractivity contribution in [1.29, 1.82) is 5.41 Å². The van der Waals surface area contributed by atoms with E-state index < -0.39 is 0 Å². The van der Waals surface area contributed by atoms with Gasteiger partial charge in [-0.25, -0.2) is 11.3 Å². The number of guanidine groups is 1. The van der Waals surface area contributed by atoms with E-state index in [1.54, 1.807) is 6.21 Å². The maximum absolute atomic E-state index is 7.07. The largest absolute Gasteiger partial charge is 0.293 e. The first-order chi connectivity index (χ1) is 6.72. The highest BCUT2D eigenvalue weighted by molar-refractivity contribution is 9.10. The van der Waals surface area contributed by atoms with Crippen molar-refractivity contribution in [3.63, 3.8) is 0 Å². The zero-order chi connectivity index (χ0) is 10.4. The Morgan fingerprint density at radius 2 is 2.00 bits per heavy atom. The van der Waals surface area contributed by atoms with Gasteiger partial charge in [0, 0.05) is 4.47 Å². The third-order valence-corrected chi connectivity index (χ3v) is 1.93. The fourth-order valence-electron chi connectivity index (χ4n) is 0.752. The predicted molar refractivity (Wildman–Crippen MR) is 67.2 cm³/mol. The van der Waals surface area contributed by atoms with Gasteiger partial charge in [0.1, 0.15) is 0 Å². The lowest BCUT2D eigenvalue weighted by Gasteiger charge is -1.99. The third-order valence-electron chi connectivity index (χ3n) is 1.40. The van der Waals surface area contributed by atoms with Crippen molar-refractivity contribution in [2.75, 3.05) is 0 Å². The van der Waals surface area contributed by atoms with Crippen LogP contribution in [0.15, 0.2) is 33.8 Å². The number of hydrogen-bond donors (Lipinski definition) is 4. The Balaban J connectivity index is 0.00000196. The zero-order valence-corrected chi connectivity index (χ0v) is 10.1. The molecule has 5 N–H and O–H groups in total. The first kappa shape index (κ1) is 13.9. The molecular formula is C8H11BrClN5. The van der Waals surface area contributed by atoms with Crippen LogP contribution in [0.2, 0.25) is 0 Å². The number of nitrogens with two attached hydrogens (primary N) is 1. The number of nitrogens with one attached hydrogen (secondary N) is 3. The molecule has 0 spiro atoms. The first-order valence-corrected chi connectivity index (χ1v) is 4.61. The minimum absolute atomic E-state index is 0. The van der Waals surface area contributed by atoms with Crippen LogP contribution >= 0.6 is 28.3 Å². The van der Waals surface area contributed by atoms with Gasteiger partial charge in [-0.2, -0.15) is 5.10 Å². The monoisotopic (exact) mass is 291 g/mol. The Morgan fingerprint density at radius 1 is 1.40 bits per heavy atom. The minimum Gasteiger partial charge on any atom is -0.293 e. The number of hydrogen-bond acceptors (Lipinski definition) is 3. The van der Waals surface area contributed by atoms with Crippen LogP contribution in [0.4, 0.5) is 0 Å². The third kappa shape index (κ3) is 5.36. The fourth-order valence-corrected chi connectivity index (χ4v) is 1.02. The molecule has 0 heterocycles. The molecule has 82 valence electrons. The average Bonchev–Trinajstić information content (AvgIpc) is 2.21. The van der Waals surface area contributed by atoms with Crippen molar-refractivity contribution in [3.8, 4) is 0 Å². The molecule has 0 fully saturated rings. The lowest BCUT2D eigenvalue weighted by molar-refractivity contribution is 0.889. The molecule has 0 saturated carbocycles. The van der Waals surface area contributed by atoms with E-state index >= 15 is 0 Å². The Labute approximate surface area is 102 Å².